The van der Waals surface area contributed by atoms with Crippen molar-refractivity contribution in [2.75, 3.05) is 20.0 Å². The van der Waals surface area contributed by atoms with Crippen LogP contribution in [-0.4, -0.2) is 25.0 Å². The Labute approximate surface area is 115 Å². The van der Waals surface area contributed by atoms with Crippen LogP contribution in [0.1, 0.15) is 16.1 Å². The van der Waals surface area contributed by atoms with Gasteiger partial charge in [0.15, 0.2) is 10.9 Å². The number of carbonyl (C=O) groups is 1. The molecule has 0 radical (unpaired) electrons. The summed E-state index contributed by atoms with van der Waals surface area (Å²) in [5.74, 6) is 1.05. The molecular weight excluding hydrogens is 264 g/mol. The zero-order valence-electron chi connectivity index (χ0n) is 10.7. The summed E-state index contributed by atoms with van der Waals surface area (Å²) in [6.45, 7) is 0. The van der Waals surface area contributed by atoms with E-state index in [0.29, 0.717) is 27.9 Å². The Balaban J connectivity index is 2.26. The average molecular weight is 278 g/mol. The molecule has 0 unspecified atom stereocenters. The number of hydrogen-bond donors (Lipinski definition) is 1. The quantitative estimate of drug-likeness (QED) is 0.848. The number of nitrogen functional groups attached to an aromatic ring is 1. The molecule has 0 amide bonds. The van der Waals surface area contributed by atoms with Gasteiger partial charge in [0, 0.05) is 5.38 Å². The molecule has 6 heteroatoms. The van der Waals surface area contributed by atoms with Gasteiger partial charge in [-0.05, 0) is 18.2 Å². The molecule has 0 aliphatic heterocycles. The molecule has 0 aliphatic rings. The maximum atomic E-state index is 12.3. The summed E-state index contributed by atoms with van der Waals surface area (Å²) in [6.07, 6.45) is 0.192. The second-order valence-electron chi connectivity index (χ2n) is 3.84. The number of thiazole rings is 1. The summed E-state index contributed by atoms with van der Waals surface area (Å²) in [4.78, 5) is 16.3. The van der Waals surface area contributed by atoms with Crippen LogP contribution in [0.4, 0.5) is 5.13 Å². The Hall–Kier alpha value is -2.08. The second kappa shape index (κ2) is 5.71. The molecule has 2 N–H and O–H groups in total. The van der Waals surface area contributed by atoms with E-state index >= 15 is 0 Å². The molecule has 1 heterocycles. The van der Waals surface area contributed by atoms with Crippen LogP contribution < -0.4 is 15.2 Å². The molecule has 0 atom stereocenters. The van der Waals surface area contributed by atoms with Crippen LogP contribution >= 0.6 is 11.3 Å². The van der Waals surface area contributed by atoms with Gasteiger partial charge in [0.25, 0.3) is 0 Å². The van der Waals surface area contributed by atoms with E-state index in [1.165, 1.54) is 18.4 Å². The van der Waals surface area contributed by atoms with Gasteiger partial charge in [-0.1, -0.05) is 0 Å². The molecule has 2 rings (SSSR count). The maximum absolute atomic E-state index is 12.3. The van der Waals surface area contributed by atoms with Crippen LogP contribution in [0, 0.1) is 0 Å². The fourth-order valence-corrected chi connectivity index (χ4v) is 2.26. The molecule has 5 nitrogen and oxygen atoms in total. The lowest BCUT2D eigenvalue weighted by atomic mass is 10.1. The number of ketones is 1. The van der Waals surface area contributed by atoms with Gasteiger partial charge in [0.1, 0.15) is 11.5 Å². The molecule has 1 aromatic carbocycles. The lowest BCUT2D eigenvalue weighted by Gasteiger charge is -2.09. The van der Waals surface area contributed by atoms with Crippen LogP contribution in [-0.2, 0) is 6.42 Å². The number of nitrogens with zero attached hydrogens (tertiary/aromatic N) is 1. The Bertz CT molecular complexity index is 595. The van der Waals surface area contributed by atoms with Crippen molar-refractivity contribution in [2.24, 2.45) is 0 Å². The van der Waals surface area contributed by atoms with Crippen molar-refractivity contribution >= 4 is 22.3 Å². The predicted octanol–water partition coefficient (Wildman–Crippen LogP) is 2.17. The van der Waals surface area contributed by atoms with E-state index in [1.807, 2.05) is 0 Å². The minimum absolute atomic E-state index is 0.0824. The normalized spacial score (nSPS) is 10.2. The van der Waals surface area contributed by atoms with Crippen molar-refractivity contribution in [1.82, 2.24) is 4.98 Å². The Morgan fingerprint density at radius 3 is 2.74 bits per heavy atom. The van der Waals surface area contributed by atoms with E-state index in [4.69, 9.17) is 15.2 Å². The zero-order chi connectivity index (χ0) is 13.8. The van der Waals surface area contributed by atoms with Crippen LogP contribution in [0.3, 0.4) is 0 Å². The monoisotopic (exact) mass is 278 g/mol. The van der Waals surface area contributed by atoms with Crippen LogP contribution in [0.25, 0.3) is 0 Å². The van der Waals surface area contributed by atoms with Gasteiger partial charge in [-0.2, -0.15) is 0 Å². The van der Waals surface area contributed by atoms with Crippen molar-refractivity contribution in [1.29, 1.82) is 0 Å². The summed E-state index contributed by atoms with van der Waals surface area (Å²) in [7, 11) is 3.08. The third-order valence-electron chi connectivity index (χ3n) is 2.62. The highest BCUT2D eigenvalue weighted by atomic mass is 32.1. The summed E-state index contributed by atoms with van der Waals surface area (Å²) in [6, 6.07) is 5.12. The largest absolute Gasteiger partial charge is 0.497 e. The first kappa shape index (κ1) is 13.4. The molecular formula is C13H14N2O3S. The number of methoxy groups -OCH3 is 2. The number of aromatic nitrogens is 1. The van der Waals surface area contributed by atoms with Crippen molar-refractivity contribution in [3.63, 3.8) is 0 Å². The van der Waals surface area contributed by atoms with Gasteiger partial charge >= 0.3 is 0 Å². The lowest BCUT2D eigenvalue weighted by molar-refractivity contribution is 0.0989. The Kier molecular flexibility index (Phi) is 4.01. The fraction of sp³-hybridized carbons (Fsp3) is 0.231. The standard InChI is InChI=1S/C13H14N2O3S/c1-17-9-3-4-12(18-2)10(6-9)11(16)5-8-7-19-13(14)15-8/h3-4,6-7H,5H2,1-2H3,(H2,14,15). The van der Waals surface area contributed by atoms with Crippen molar-refractivity contribution < 1.29 is 14.3 Å². The SMILES string of the molecule is COc1ccc(OC)c(C(=O)Cc2csc(N)n2)c1. The van der Waals surface area contributed by atoms with Crippen molar-refractivity contribution in [3.05, 3.63) is 34.8 Å². The minimum atomic E-state index is -0.0824. The molecule has 2 aromatic rings. The fourth-order valence-electron chi connectivity index (χ4n) is 1.70. The number of anilines is 1. The number of hydrogen-bond acceptors (Lipinski definition) is 6. The zero-order valence-corrected chi connectivity index (χ0v) is 11.5. The molecule has 100 valence electrons. The van der Waals surface area contributed by atoms with Gasteiger partial charge in [-0.3, -0.25) is 4.79 Å². The van der Waals surface area contributed by atoms with Gasteiger partial charge in [-0.25, -0.2) is 4.98 Å². The number of Topliss-reactive ketones (excluding diaryl/α,β-unsaturated/α-hetero) is 1. The topological polar surface area (TPSA) is 74.4 Å². The van der Waals surface area contributed by atoms with Crippen LogP contribution in [0.2, 0.25) is 0 Å². The maximum Gasteiger partial charge on any atom is 0.180 e. The number of benzene rings is 1. The molecule has 19 heavy (non-hydrogen) atoms. The summed E-state index contributed by atoms with van der Waals surface area (Å²) < 4.78 is 10.3. The molecule has 0 aliphatic carbocycles. The van der Waals surface area contributed by atoms with E-state index in [0.717, 1.165) is 0 Å². The van der Waals surface area contributed by atoms with Crippen LogP contribution in [0.5, 0.6) is 11.5 Å². The second-order valence-corrected chi connectivity index (χ2v) is 4.73. The van der Waals surface area contributed by atoms with Crippen LogP contribution in [0.15, 0.2) is 23.6 Å². The molecule has 1 aromatic heterocycles. The summed E-state index contributed by atoms with van der Waals surface area (Å²) >= 11 is 1.32. The minimum Gasteiger partial charge on any atom is -0.497 e. The molecule has 0 bridgehead atoms. The number of rotatable bonds is 5. The van der Waals surface area contributed by atoms with E-state index in [1.54, 1.807) is 30.7 Å². The smallest absolute Gasteiger partial charge is 0.180 e. The highest BCUT2D eigenvalue weighted by molar-refractivity contribution is 7.13. The highest BCUT2D eigenvalue weighted by Gasteiger charge is 2.15. The van der Waals surface area contributed by atoms with Gasteiger partial charge in [0.2, 0.25) is 0 Å². The number of nitrogens with two attached hydrogens (primary N) is 1. The average Bonchev–Trinajstić information content (AvgIpc) is 2.83. The van der Waals surface area contributed by atoms with E-state index < -0.39 is 0 Å². The Morgan fingerprint density at radius 1 is 1.37 bits per heavy atom. The molecule has 0 saturated heterocycles. The number of carbonyl (C=O) groups excluding carboxylic acids is 1. The first-order chi connectivity index (χ1) is 9.13. The Morgan fingerprint density at radius 2 is 2.16 bits per heavy atom. The van der Waals surface area contributed by atoms with E-state index in [9.17, 15) is 4.79 Å². The summed E-state index contributed by atoms with van der Waals surface area (Å²) in [5, 5.41) is 2.24. The van der Waals surface area contributed by atoms with Crippen molar-refractivity contribution in [3.8, 4) is 11.5 Å². The van der Waals surface area contributed by atoms with Crippen molar-refractivity contribution in [2.45, 2.75) is 6.42 Å². The first-order valence-corrected chi connectivity index (χ1v) is 6.47. The van der Waals surface area contributed by atoms with E-state index in [-0.39, 0.29) is 12.2 Å². The molecule has 0 fully saturated rings. The predicted molar refractivity (Wildman–Crippen MR) is 74.1 cm³/mol. The van der Waals surface area contributed by atoms with Gasteiger partial charge in [0.05, 0.1) is 31.9 Å². The van der Waals surface area contributed by atoms with Gasteiger partial charge in [-0.15, -0.1) is 11.3 Å². The van der Waals surface area contributed by atoms with E-state index in [2.05, 4.69) is 4.98 Å². The number of ether oxygens (including phenoxy) is 2. The third-order valence-corrected chi connectivity index (χ3v) is 3.34. The lowest BCUT2D eigenvalue weighted by Crippen LogP contribution is -2.06. The highest BCUT2D eigenvalue weighted by Crippen LogP contribution is 2.25. The third kappa shape index (κ3) is 3.03. The van der Waals surface area contributed by atoms with Gasteiger partial charge < -0.3 is 15.2 Å². The summed E-state index contributed by atoms with van der Waals surface area (Å²) in [5.41, 5.74) is 6.69. The first-order valence-electron chi connectivity index (χ1n) is 5.59. The molecule has 0 saturated carbocycles. The molecule has 0 spiro atoms.